The normalized spacial score (nSPS) is 10.9. The Morgan fingerprint density at radius 3 is 2.00 bits per heavy atom. The first kappa shape index (κ1) is 21.1. The number of hydrogen-bond acceptors (Lipinski definition) is 6. The number of carbonyl (C=O) groups excluding carboxylic acids is 1. The summed E-state index contributed by atoms with van der Waals surface area (Å²) in [7, 11) is 4.41. The number of benzene rings is 2. The smallest absolute Gasteiger partial charge is 0.332 e. The van der Waals surface area contributed by atoms with Crippen molar-refractivity contribution in [3.05, 3.63) is 53.6 Å². The predicted octanol–water partition coefficient (Wildman–Crippen LogP) is 2.74. The largest absolute Gasteiger partial charge is 0.497 e. The number of anilines is 1. The third-order valence-corrected chi connectivity index (χ3v) is 3.65. The van der Waals surface area contributed by atoms with E-state index in [0.29, 0.717) is 28.3 Å². The molecule has 2 rings (SSSR count). The van der Waals surface area contributed by atoms with Crippen LogP contribution in [0.4, 0.5) is 5.69 Å². The summed E-state index contributed by atoms with van der Waals surface area (Å²) in [6.45, 7) is 0. The molecule has 0 fully saturated rings. The van der Waals surface area contributed by atoms with Crippen LogP contribution in [0.25, 0.3) is 0 Å². The summed E-state index contributed by atoms with van der Waals surface area (Å²) in [5.41, 5.74) is 7.37. The molecule has 2 aromatic rings. The average Bonchev–Trinajstić information content (AvgIpc) is 2.65. The number of nitrogens with two attached hydrogens (primary N) is 1. The number of rotatable bonds is 7. The predicted molar refractivity (Wildman–Crippen MR) is 103 cm³/mol. The van der Waals surface area contributed by atoms with Crippen LogP contribution in [0.5, 0.6) is 11.5 Å². The number of amidine groups is 1. The lowest BCUT2D eigenvalue weighted by Gasteiger charge is -2.19. The molecule has 26 heavy (non-hydrogen) atoms. The second kappa shape index (κ2) is 9.53. The monoisotopic (exact) mass is 379 g/mol. The van der Waals surface area contributed by atoms with Crippen LogP contribution < -0.4 is 20.5 Å². The Morgan fingerprint density at radius 1 is 1.04 bits per heavy atom. The van der Waals surface area contributed by atoms with Crippen LogP contribution in [0.2, 0.25) is 0 Å². The van der Waals surface area contributed by atoms with Gasteiger partial charge in [0.05, 0.1) is 21.3 Å². The number of ether oxygens (including phenoxy) is 3. The summed E-state index contributed by atoms with van der Waals surface area (Å²) < 4.78 is 15.4. The van der Waals surface area contributed by atoms with Crippen molar-refractivity contribution in [3.8, 4) is 11.5 Å². The Morgan fingerprint density at radius 2 is 1.58 bits per heavy atom. The number of hydrogen-bond donors (Lipinski definition) is 3. The van der Waals surface area contributed by atoms with E-state index in [1.165, 1.54) is 7.11 Å². The van der Waals surface area contributed by atoms with Crippen molar-refractivity contribution in [2.75, 3.05) is 26.6 Å². The lowest BCUT2D eigenvalue weighted by Crippen LogP contribution is -2.22. The summed E-state index contributed by atoms with van der Waals surface area (Å²) in [4.78, 5) is 12.3. The van der Waals surface area contributed by atoms with Crippen LogP contribution in [-0.2, 0) is 9.53 Å². The van der Waals surface area contributed by atoms with E-state index in [0.717, 1.165) is 0 Å². The molecule has 0 bridgehead atoms. The quantitative estimate of drug-likeness (QED) is 0.388. The van der Waals surface area contributed by atoms with Crippen LogP contribution in [-0.4, -0.2) is 33.1 Å². The second-order valence-electron chi connectivity index (χ2n) is 5.24. The van der Waals surface area contributed by atoms with Gasteiger partial charge in [-0.15, -0.1) is 12.4 Å². The molecule has 8 heteroatoms. The molecule has 4 N–H and O–H groups in total. The van der Waals surface area contributed by atoms with Crippen molar-refractivity contribution < 1.29 is 19.0 Å². The van der Waals surface area contributed by atoms with Gasteiger partial charge in [-0.05, 0) is 42.0 Å². The lowest BCUT2D eigenvalue weighted by atomic mass is 10.1. The molecule has 0 aromatic heterocycles. The van der Waals surface area contributed by atoms with E-state index in [-0.39, 0.29) is 18.2 Å². The molecule has 0 amide bonds. The van der Waals surface area contributed by atoms with Gasteiger partial charge in [0.2, 0.25) is 0 Å². The fourth-order valence-electron chi connectivity index (χ4n) is 2.30. The molecular weight excluding hydrogens is 358 g/mol. The van der Waals surface area contributed by atoms with Crippen LogP contribution in [0.3, 0.4) is 0 Å². The molecule has 2 aromatic carbocycles. The minimum absolute atomic E-state index is 0. The topological polar surface area (TPSA) is 107 Å². The maximum Gasteiger partial charge on any atom is 0.332 e. The zero-order chi connectivity index (χ0) is 18.4. The molecular formula is C18H22ClN3O4. The van der Waals surface area contributed by atoms with Crippen LogP contribution >= 0.6 is 12.4 Å². The zero-order valence-corrected chi connectivity index (χ0v) is 15.6. The van der Waals surface area contributed by atoms with E-state index in [2.05, 4.69) is 5.32 Å². The van der Waals surface area contributed by atoms with Crippen LogP contribution in [0, 0.1) is 5.41 Å². The summed E-state index contributed by atoms with van der Waals surface area (Å²) in [5.74, 6) is 0.661. The zero-order valence-electron chi connectivity index (χ0n) is 14.7. The Bertz CT molecular complexity index is 743. The van der Waals surface area contributed by atoms with Crippen molar-refractivity contribution in [1.82, 2.24) is 0 Å². The number of esters is 1. The number of halogens is 1. The number of nitrogens with one attached hydrogen (secondary N) is 2. The van der Waals surface area contributed by atoms with E-state index < -0.39 is 12.0 Å². The number of carbonyl (C=O) groups is 1. The maximum absolute atomic E-state index is 12.3. The minimum Gasteiger partial charge on any atom is -0.497 e. The SMILES string of the molecule is COC(=O)C(Nc1ccc(C(=N)N)cc1)c1cc(OC)cc(OC)c1.Cl. The molecule has 0 saturated heterocycles. The van der Waals surface area contributed by atoms with Gasteiger partial charge in [-0.1, -0.05) is 0 Å². The van der Waals surface area contributed by atoms with E-state index in [9.17, 15) is 4.79 Å². The molecule has 0 aliphatic rings. The Kier molecular flexibility index (Phi) is 7.74. The molecule has 1 atom stereocenters. The standard InChI is InChI=1S/C18H21N3O4.ClH/c1-23-14-8-12(9-15(10-14)24-2)16(18(22)25-3)21-13-6-4-11(5-7-13)17(19)20;/h4-10,16,21H,1-3H3,(H3,19,20);1H. The summed E-state index contributed by atoms with van der Waals surface area (Å²) in [5, 5.41) is 10.5. The summed E-state index contributed by atoms with van der Waals surface area (Å²) in [6.07, 6.45) is 0. The van der Waals surface area contributed by atoms with Gasteiger partial charge in [0.1, 0.15) is 17.3 Å². The van der Waals surface area contributed by atoms with Crippen molar-refractivity contribution >= 4 is 29.9 Å². The highest BCUT2D eigenvalue weighted by Crippen LogP contribution is 2.29. The third-order valence-electron chi connectivity index (χ3n) is 3.65. The average molecular weight is 380 g/mol. The molecule has 0 radical (unpaired) electrons. The van der Waals surface area contributed by atoms with Gasteiger partial charge < -0.3 is 25.3 Å². The molecule has 0 saturated carbocycles. The molecule has 7 nitrogen and oxygen atoms in total. The minimum atomic E-state index is -0.753. The fourth-order valence-corrected chi connectivity index (χ4v) is 2.30. The van der Waals surface area contributed by atoms with Gasteiger partial charge in [0.15, 0.2) is 6.04 Å². The van der Waals surface area contributed by atoms with Gasteiger partial charge in [-0.25, -0.2) is 4.79 Å². The first-order chi connectivity index (χ1) is 12.0. The third kappa shape index (κ3) is 5.03. The van der Waals surface area contributed by atoms with Gasteiger partial charge in [-0.3, -0.25) is 5.41 Å². The van der Waals surface area contributed by atoms with Gasteiger partial charge in [0, 0.05) is 17.3 Å². The summed E-state index contributed by atoms with van der Waals surface area (Å²) in [6, 6.07) is 11.3. The van der Waals surface area contributed by atoms with Crippen molar-refractivity contribution in [2.45, 2.75) is 6.04 Å². The van der Waals surface area contributed by atoms with Crippen LogP contribution in [0.1, 0.15) is 17.2 Å². The van der Waals surface area contributed by atoms with Gasteiger partial charge in [0.25, 0.3) is 0 Å². The number of methoxy groups -OCH3 is 3. The fraction of sp³-hybridized carbons (Fsp3) is 0.222. The van der Waals surface area contributed by atoms with Crippen molar-refractivity contribution in [1.29, 1.82) is 5.41 Å². The lowest BCUT2D eigenvalue weighted by molar-refractivity contribution is -0.141. The number of nitrogen functional groups attached to an aromatic ring is 1. The van der Waals surface area contributed by atoms with Crippen molar-refractivity contribution in [3.63, 3.8) is 0 Å². The molecule has 0 aliphatic heterocycles. The van der Waals surface area contributed by atoms with E-state index >= 15 is 0 Å². The Balaban J connectivity index is 0.00000338. The first-order valence-corrected chi connectivity index (χ1v) is 7.50. The van der Waals surface area contributed by atoms with E-state index in [1.54, 1.807) is 56.7 Å². The first-order valence-electron chi connectivity index (χ1n) is 7.50. The molecule has 0 spiro atoms. The molecule has 0 heterocycles. The maximum atomic E-state index is 12.3. The molecule has 140 valence electrons. The van der Waals surface area contributed by atoms with Gasteiger partial charge >= 0.3 is 5.97 Å². The highest BCUT2D eigenvalue weighted by Gasteiger charge is 2.23. The summed E-state index contributed by atoms with van der Waals surface area (Å²) >= 11 is 0. The second-order valence-corrected chi connectivity index (χ2v) is 5.24. The molecule has 0 aliphatic carbocycles. The van der Waals surface area contributed by atoms with E-state index in [4.69, 9.17) is 25.4 Å². The highest BCUT2D eigenvalue weighted by atomic mass is 35.5. The molecule has 1 unspecified atom stereocenters. The Hall–Kier alpha value is -2.93. The van der Waals surface area contributed by atoms with Gasteiger partial charge in [-0.2, -0.15) is 0 Å². The Labute approximate surface area is 158 Å². The van der Waals surface area contributed by atoms with E-state index in [1.807, 2.05) is 0 Å². The highest BCUT2D eigenvalue weighted by molar-refractivity contribution is 5.95. The van der Waals surface area contributed by atoms with Crippen LogP contribution in [0.15, 0.2) is 42.5 Å². The van der Waals surface area contributed by atoms with Crippen molar-refractivity contribution in [2.24, 2.45) is 5.73 Å².